The maximum Gasteiger partial charge on any atom is 0.150 e. The number of anilines is 1. The van der Waals surface area contributed by atoms with E-state index in [0.717, 1.165) is 12.1 Å². The van der Waals surface area contributed by atoms with Gasteiger partial charge in [-0.1, -0.05) is 0 Å². The average molecular weight is 290 g/mol. The quantitative estimate of drug-likeness (QED) is 0.853. The Kier molecular flexibility index (Phi) is 3.59. The largest absolute Gasteiger partial charge is 0.467 e. The number of morpholine rings is 1. The third-order valence-electron chi connectivity index (χ3n) is 3.39. The Balaban J connectivity index is 1.89. The summed E-state index contributed by atoms with van der Waals surface area (Å²) in [4.78, 5) is 1.57. The summed E-state index contributed by atoms with van der Waals surface area (Å²) < 4.78 is 38.9. The molecule has 1 aliphatic rings. The molecule has 0 spiro atoms. The van der Waals surface area contributed by atoms with Gasteiger partial charge in [0.2, 0.25) is 0 Å². The Morgan fingerprint density at radius 1 is 1.29 bits per heavy atom. The summed E-state index contributed by atoms with van der Waals surface area (Å²) in [6.07, 6.45) is 1.16. The molecular weight excluding hydrogens is 278 g/mol. The first-order chi connectivity index (χ1) is 10.2. The number of nitriles is 1. The molecule has 0 radical (unpaired) electrons. The minimum Gasteiger partial charge on any atom is -0.467 e. The maximum atomic E-state index is 14.1. The van der Waals surface area contributed by atoms with Crippen LogP contribution in [-0.2, 0) is 4.74 Å². The lowest BCUT2D eigenvalue weighted by Gasteiger charge is -2.34. The van der Waals surface area contributed by atoms with Crippen LogP contribution < -0.4 is 4.90 Å². The van der Waals surface area contributed by atoms with Gasteiger partial charge in [0.15, 0.2) is 11.6 Å². The van der Waals surface area contributed by atoms with Gasteiger partial charge in [0.1, 0.15) is 17.6 Å². The molecule has 6 heteroatoms. The van der Waals surface area contributed by atoms with Crippen LogP contribution in [0.4, 0.5) is 14.5 Å². The lowest BCUT2D eigenvalue weighted by Crippen LogP contribution is -2.39. The third-order valence-corrected chi connectivity index (χ3v) is 3.39. The highest BCUT2D eigenvalue weighted by Crippen LogP contribution is 2.30. The minimum absolute atomic E-state index is 0.0374. The van der Waals surface area contributed by atoms with E-state index in [1.54, 1.807) is 23.1 Å². The van der Waals surface area contributed by atoms with Gasteiger partial charge in [0, 0.05) is 6.54 Å². The summed E-state index contributed by atoms with van der Waals surface area (Å²) in [6, 6.07) is 7.31. The van der Waals surface area contributed by atoms with Crippen LogP contribution in [0.25, 0.3) is 0 Å². The molecule has 1 aromatic carbocycles. The molecule has 108 valence electrons. The lowest BCUT2D eigenvalue weighted by atomic mass is 10.1. The number of nitrogens with zero attached hydrogens (tertiary/aromatic N) is 2. The lowest BCUT2D eigenvalue weighted by molar-refractivity contribution is 0.0253. The molecule has 0 amide bonds. The van der Waals surface area contributed by atoms with E-state index in [2.05, 4.69) is 0 Å². The molecule has 1 aromatic heterocycles. The number of halogens is 2. The van der Waals surface area contributed by atoms with Crippen LogP contribution in [0.2, 0.25) is 0 Å². The fraction of sp³-hybridized carbons (Fsp3) is 0.267. The number of hydrogen-bond acceptors (Lipinski definition) is 4. The highest BCUT2D eigenvalue weighted by atomic mass is 19.1. The molecule has 1 aliphatic heterocycles. The van der Waals surface area contributed by atoms with Crippen LogP contribution in [-0.4, -0.2) is 19.7 Å². The number of furan rings is 1. The smallest absolute Gasteiger partial charge is 0.150 e. The number of ether oxygens (including phenoxy) is 1. The summed E-state index contributed by atoms with van der Waals surface area (Å²) in [7, 11) is 0. The van der Waals surface area contributed by atoms with Gasteiger partial charge in [-0.3, -0.25) is 0 Å². The first-order valence-electron chi connectivity index (χ1n) is 6.48. The topological polar surface area (TPSA) is 49.4 Å². The molecule has 1 fully saturated rings. The van der Waals surface area contributed by atoms with Crippen molar-refractivity contribution in [1.82, 2.24) is 0 Å². The third kappa shape index (κ3) is 2.60. The molecule has 1 unspecified atom stereocenters. The van der Waals surface area contributed by atoms with Gasteiger partial charge >= 0.3 is 0 Å². The SMILES string of the molecule is N#Cc1cc(F)c(N2CCOC(c3ccco3)C2)c(F)c1. The van der Waals surface area contributed by atoms with E-state index in [0.29, 0.717) is 18.9 Å². The van der Waals surface area contributed by atoms with Crippen LogP contribution in [0.3, 0.4) is 0 Å². The van der Waals surface area contributed by atoms with Gasteiger partial charge in [0.25, 0.3) is 0 Å². The Bertz CT molecular complexity index is 656. The molecule has 2 heterocycles. The predicted octanol–water partition coefficient (Wildman–Crippen LogP) is 3.01. The van der Waals surface area contributed by atoms with E-state index in [9.17, 15) is 8.78 Å². The van der Waals surface area contributed by atoms with E-state index < -0.39 is 11.6 Å². The molecule has 1 atom stereocenters. The summed E-state index contributed by atoms with van der Waals surface area (Å²) >= 11 is 0. The minimum atomic E-state index is -0.744. The second-order valence-electron chi connectivity index (χ2n) is 4.72. The molecule has 21 heavy (non-hydrogen) atoms. The van der Waals surface area contributed by atoms with Crippen molar-refractivity contribution in [3.05, 3.63) is 53.5 Å². The van der Waals surface area contributed by atoms with Gasteiger partial charge < -0.3 is 14.1 Å². The highest BCUT2D eigenvalue weighted by Gasteiger charge is 2.27. The first-order valence-corrected chi connectivity index (χ1v) is 6.48. The Hall–Kier alpha value is -2.39. The normalized spacial score (nSPS) is 18.5. The van der Waals surface area contributed by atoms with Crippen molar-refractivity contribution in [3.8, 4) is 6.07 Å². The Labute approximate surface area is 120 Å². The summed E-state index contributed by atoms with van der Waals surface area (Å²) in [6.45, 7) is 0.994. The van der Waals surface area contributed by atoms with Crippen molar-refractivity contribution in [3.63, 3.8) is 0 Å². The van der Waals surface area contributed by atoms with Crippen molar-refractivity contribution < 1.29 is 17.9 Å². The van der Waals surface area contributed by atoms with Gasteiger partial charge in [-0.2, -0.15) is 5.26 Å². The second-order valence-corrected chi connectivity index (χ2v) is 4.72. The number of benzene rings is 1. The van der Waals surface area contributed by atoms with E-state index in [-0.39, 0.29) is 23.9 Å². The monoisotopic (exact) mass is 290 g/mol. The Morgan fingerprint density at radius 3 is 2.67 bits per heavy atom. The zero-order chi connectivity index (χ0) is 14.8. The zero-order valence-electron chi connectivity index (χ0n) is 11.1. The van der Waals surface area contributed by atoms with Crippen LogP contribution in [0.15, 0.2) is 34.9 Å². The predicted molar refractivity (Wildman–Crippen MR) is 70.7 cm³/mol. The van der Waals surface area contributed by atoms with Gasteiger partial charge in [-0.15, -0.1) is 0 Å². The van der Waals surface area contributed by atoms with E-state index in [1.165, 1.54) is 6.26 Å². The molecule has 4 nitrogen and oxygen atoms in total. The fourth-order valence-corrected chi connectivity index (χ4v) is 2.43. The fourth-order valence-electron chi connectivity index (χ4n) is 2.43. The first kappa shape index (κ1) is 13.6. The zero-order valence-corrected chi connectivity index (χ0v) is 11.1. The second kappa shape index (κ2) is 5.54. The van der Waals surface area contributed by atoms with Crippen molar-refractivity contribution >= 4 is 5.69 Å². The van der Waals surface area contributed by atoms with Gasteiger partial charge in [-0.05, 0) is 24.3 Å². The van der Waals surface area contributed by atoms with E-state index in [1.807, 2.05) is 0 Å². The van der Waals surface area contributed by atoms with Crippen molar-refractivity contribution in [2.24, 2.45) is 0 Å². The molecule has 0 N–H and O–H groups in total. The molecule has 0 aliphatic carbocycles. The summed E-state index contributed by atoms with van der Waals surface area (Å²) in [5, 5.41) is 8.73. The van der Waals surface area contributed by atoms with Crippen molar-refractivity contribution in [2.45, 2.75) is 6.10 Å². The molecule has 3 rings (SSSR count). The summed E-state index contributed by atoms with van der Waals surface area (Å²) in [5.41, 5.74) is -0.168. The molecule has 0 saturated carbocycles. The van der Waals surface area contributed by atoms with Crippen molar-refractivity contribution in [2.75, 3.05) is 24.6 Å². The van der Waals surface area contributed by atoms with Gasteiger partial charge in [0.05, 0.1) is 31.0 Å². The van der Waals surface area contributed by atoms with Crippen molar-refractivity contribution in [1.29, 1.82) is 5.26 Å². The van der Waals surface area contributed by atoms with Crippen LogP contribution >= 0.6 is 0 Å². The van der Waals surface area contributed by atoms with Gasteiger partial charge in [-0.25, -0.2) is 8.78 Å². The van der Waals surface area contributed by atoms with Crippen LogP contribution in [0, 0.1) is 23.0 Å². The molecular formula is C15H12F2N2O2. The molecule has 0 bridgehead atoms. The number of rotatable bonds is 2. The Morgan fingerprint density at radius 2 is 2.05 bits per heavy atom. The highest BCUT2D eigenvalue weighted by molar-refractivity contribution is 5.53. The van der Waals surface area contributed by atoms with Crippen LogP contribution in [0.1, 0.15) is 17.4 Å². The number of hydrogen-bond donors (Lipinski definition) is 0. The van der Waals surface area contributed by atoms with E-state index in [4.69, 9.17) is 14.4 Å². The molecule has 2 aromatic rings. The molecule has 1 saturated heterocycles. The maximum absolute atomic E-state index is 14.1. The van der Waals surface area contributed by atoms with E-state index >= 15 is 0 Å². The summed E-state index contributed by atoms with van der Waals surface area (Å²) in [5.74, 6) is -0.868. The van der Waals surface area contributed by atoms with Crippen LogP contribution in [0.5, 0.6) is 0 Å². The average Bonchev–Trinajstić information content (AvgIpc) is 3.01. The standard InChI is InChI=1S/C15H12F2N2O2/c16-11-6-10(8-18)7-12(17)15(11)19-3-5-21-14(9-19)13-2-1-4-20-13/h1-2,4,6-7,14H,3,5,9H2.